The van der Waals surface area contributed by atoms with Gasteiger partial charge in [-0.25, -0.2) is 0 Å². The largest absolute Gasteiger partial charge is 0.366 e. The van der Waals surface area contributed by atoms with Crippen LogP contribution in [0.2, 0.25) is 0 Å². The zero-order valence-corrected chi connectivity index (χ0v) is 9.88. The molecule has 0 bridgehead atoms. The molecule has 0 aliphatic rings. The van der Waals surface area contributed by atoms with E-state index in [0.29, 0.717) is 18.4 Å². The first-order valence-electron chi connectivity index (χ1n) is 5.53. The molecule has 0 amide bonds. The monoisotopic (exact) mass is 233 g/mol. The average Bonchev–Trinajstić information content (AvgIpc) is 2.85. The number of benzene rings is 1. The van der Waals surface area contributed by atoms with Gasteiger partial charge in [-0.2, -0.15) is 4.98 Å². The summed E-state index contributed by atoms with van der Waals surface area (Å²) in [5.41, 5.74) is 1.01. The van der Waals surface area contributed by atoms with E-state index >= 15 is 0 Å². The molecular formula is C12H15N3O2. The van der Waals surface area contributed by atoms with Gasteiger partial charge in [-0.15, -0.1) is 0 Å². The number of nitrogens with one attached hydrogen (secondary N) is 1. The summed E-state index contributed by atoms with van der Waals surface area (Å²) >= 11 is 0. The van der Waals surface area contributed by atoms with Crippen molar-refractivity contribution >= 4 is 6.01 Å². The average molecular weight is 233 g/mol. The number of hydrogen-bond donors (Lipinski definition) is 1. The van der Waals surface area contributed by atoms with Crippen LogP contribution in [0.5, 0.6) is 0 Å². The first-order valence-corrected chi connectivity index (χ1v) is 5.53. The SMILES string of the molecule is CCOC(c1ccccc1)c1noc(NC)n1. The van der Waals surface area contributed by atoms with E-state index in [-0.39, 0.29) is 6.10 Å². The van der Waals surface area contributed by atoms with Gasteiger partial charge in [0.15, 0.2) is 0 Å². The molecule has 0 aliphatic heterocycles. The van der Waals surface area contributed by atoms with Crippen LogP contribution in [-0.2, 0) is 4.74 Å². The highest BCUT2D eigenvalue weighted by atomic mass is 16.5. The molecule has 0 aliphatic carbocycles. The van der Waals surface area contributed by atoms with Crippen LogP contribution in [0.1, 0.15) is 24.4 Å². The Morgan fingerprint density at radius 3 is 2.71 bits per heavy atom. The predicted octanol–water partition coefficient (Wildman–Crippen LogP) is 2.24. The maximum absolute atomic E-state index is 5.66. The minimum Gasteiger partial charge on any atom is -0.366 e. The van der Waals surface area contributed by atoms with Crippen molar-refractivity contribution in [1.82, 2.24) is 10.1 Å². The second-order valence-corrected chi connectivity index (χ2v) is 3.45. The number of nitrogens with zero attached hydrogens (tertiary/aromatic N) is 2. The molecule has 5 heteroatoms. The fraction of sp³-hybridized carbons (Fsp3) is 0.333. The zero-order chi connectivity index (χ0) is 12.1. The van der Waals surface area contributed by atoms with Crippen molar-refractivity contribution < 1.29 is 9.26 Å². The molecule has 2 rings (SSSR count). The lowest BCUT2D eigenvalue weighted by atomic mass is 10.1. The van der Waals surface area contributed by atoms with E-state index in [1.807, 2.05) is 37.3 Å². The van der Waals surface area contributed by atoms with Gasteiger partial charge in [0, 0.05) is 13.7 Å². The Kier molecular flexibility index (Phi) is 3.72. The van der Waals surface area contributed by atoms with Gasteiger partial charge < -0.3 is 14.6 Å². The molecule has 2 aromatic rings. The van der Waals surface area contributed by atoms with Gasteiger partial charge in [0.2, 0.25) is 5.82 Å². The van der Waals surface area contributed by atoms with Crippen molar-refractivity contribution in [2.45, 2.75) is 13.0 Å². The lowest BCUT2D eigenvalue weighted by Crippen LogP contribution is -2.08. The third-order valence-corrected chi connectivity index (χ3v) is 2.33. The molecule has 1 heterocycles. The summed E-state index contributed by atoms with van der Waals surface area (Å²) < 4.78 is 10.7. The summed E-state index contributed by atoms with van der Waals surface area (Å²) in [6, 6.07) is 10.2. The van der Waals surface area contributed by atoms with Crippen LogP contribution in [-0.4, -0.2) is 23.8 Å². The van der Waals surface area contributed by atoms with Crippen LogP contribution >= 0.6 is 0 Å². The Morgan fingerprint density at radius 2 is 2.12 bits per heavy atom. The van der Waals surface area contributed by atoms with Crippen LogP contribution in [0.4, 0.5) is 6.01 Å². The van der Waals surface area contributed by atoms with Crippen molar-refractivity contribution in [1.29, 1.82) is 0 Å². The number of hydrogen-bond acceptors (Lipinski definition) is 5. The molecule has 5 nitrogen and oxygen atoms in total. The summed E-state index contributed by atoms with van der Waals surface area (Å²) in [5.74, 6) is 0.530. The molecule has 1 N–H and O–H groups in total. The molecular weight excluding hydrogens is 218 g/mol. The van der Waals surface area contributed by atoms with Gasteiger partial charge in [-0.1, -0.05) is 35.5 Å². The molecule has 0 fully saturated rings. The van der Waals surface area contributed by atoms with E-state index in [4.69, 9.17) is 9.26 Å². The lowest BCUT2D eigenvalue weighted by molar-refractivity contribution is 0.0833. The first-order chi connectivity index (χ1) is 8.35. The van der Waals surface area contributed by atoms with E-state index in [9.17, 15) is 0 Å². The normalized spacial score (nSPS) is 12.4. The Morgan fingerprint density at radius 1 is 1.35 bits per heavy atom. The van der Waals surface area contributed by atoms with E-state index in [2.05, 4.69) is 15.5 Å². The molecule has 1 atom stereocenters. The van der Waals surface area contributed by atoms with Crippen LogP contribution in [0.25, 0.3) is 0 Å². The Hall–Kier alpha value is -1.88. The molecule has 0 saturated carbocycles. The Bertz CT molecular complexity index is 456. The van der Waals surface area contributed by atoms with E-state index in [0.717, 1.165) is 5.56 Å². The minimum atomic E-state index is -0.285. The van der Waals surface area contributed by atoms with Gasteiger partial charge in [-0.05, 0) is 12.5 Å². The summed E-state index contributed by atoms with van der Waals surface area (Å²) in [5, 5.41) is 6.71. The fourth-order valence-electron chi connectivity index (χ4n) is 1.56. The van der Waals surface area contributed by atoms with Crippen LogP contribution in [0.3, 0.4) is 0 Å². The lowest BCUT2D eigenvalue weighted by Gasteiger charge is -2.13. The van der Waals surface area contributed by atoms with Crippen molar-refractivity contribution in [3.05, 3.63) is 41.7 Å². The Balaban J connectivity index is 2.28. The van der Waals surface area contributed by atoms with Gasteiger partial charge in [-0.3, -0.25) is 0 Å². The van der Waals surface area contributed by atoms with Crippen LogP contribution in [0, 0.1) is 0 Å². The van der Waals surface area contributed by atoms with Gasteiger partial charge in [0.1, 0.15) is 6.10 Å². The Labute approximate surface area is 99.8 Å². The third-order valence-electron chi connectivity index (χ3n) is 2.33. The quantitative estimate of drug-likeness (QED) is 0.858. The van der Waals surface area contributed by atoms with Crippen molar-refractivity contribution in [2.24, 2.45) is 0 Å². The predicted molar refractivity (Wildman–Crippen MR) is 63.8 cm³/mol. The highest BCUT2D eigenvalue weighted by molar-refractivity contribution is 5.25. The van der Waals surface area contributed by atoms with Crippen molar-refractivity contribution in [2.75, 3.05) is 19.0 Å². The number of ether oxygens (including phenoxy) is 1. The summed E-state index contributed by atoms with van der Waals surface area (Å²) in [6.07, 6.45) is -0.285. The highest BCUT2D eigenvalue weighted by Gasteiger charge is 2.20. The molecule has 0 radical (unpaired) electrons. The summed E-state index contributed by atoms with van der Waals surface area (Å²) in [6.45, 7) is 2.53. The van der Waals surface area contributed by atoms with Gasteiger partial charge in [0.05, 0.1) is 0 Å². The van der Waals surface area contributed by atoms with Crippen molar-refractivity contribution in [3.8, 4) is 0 Å². The topological polar surface area (TPSA) is 60.2 Å². The van der Waals surface area contributed by atoms with E-state index < -0.39 is 0 Å². The molecule has 1 aromatic carbocycles. The molecule has 90 valence electrons. The molecule has 0 spiro atoms. The van der Waals surface area contributed by atoms with Crippen molar-refractivity contribution in [3.63, 3.8) is 0 Å². The fourth-order valence-corrected chi connectivity index (χ4v) is 1.56. The summed E-state index contributed by atoms with van der Waals surface area (Å²) in [7, 11) is 1.73. The van der Waals surface area contributed by atoms with Crippen LogP contribution < -0.4 is 5.32 Å². The van der Waals surface area contributed by atoms with Crippen LogP contribution in [0.15, 0.2) is 34.9 Å². The second kappa shape index (κ2) is 5.45. The summed E-state index contributed by atoms with van der Waals surface area (Å²) in [4.78, 5) is 4.21. The number of rotatable bonds is 5. The minimum absolute atomic E-state index is 0.285. The van der Waals surface area contributed by atoms with Gasteiger partial charge >= 0.3 is 6.01 Å². The molecule has 1 unspecified atom stereocenters. The number of aromatic nitrogens is 2. The smallest absolute Gasteiger partial charge is 0.321 e. The third kappa shape index (κ3) is 2.62. The standard InChI is InChI=1S/C12H15N3O2/c1-3-16-10(9-7-5-4-6-8-9)11-14-12(13-2)17-15-11/h4-8,10H,3H2,1-2H3,(H,13,14,15). The molecule has 0 saturated heterocycles. The maximum Gasteiger partial charge on any atom is 0.321 e. The van der Waals surface area contributed by atoms with E-state index in [1.165, 1.54) is 0 Å². The molecule has 17 heavy (non-hydrogen) atoms. The molecule has 1 aromatic heterocycles. The van der Waals surface area contributed by atoms with Gasteiger partial charge in [0.25, 0.3) is 0 Å². The van der Waals surface area contributed by atoms with E-state index in [1.54, 1.807) is 7.05 Å². The first kappa shape index (κ1) is 11.6. The zero-order valence-electron chi connectivity index (χ0n) is 9.88. The second-order valence-electron chi connectivity index (χ2n) is 3.45. The number of anilines is 1. The highest BCUT2D eigenvalue weighted by Crippen LogP contribution is 2.24. The maximum atomic E-state index is 5.66.